The highest BCUT2D eigenvalue weighted by Gasteiger charge is 2.38. The summed E-state index contributed by atoms with van der Waals surface area (Å²) in [7, 11) is 0. The van der Waals surface area contributed by atoms with Crippen LogP contribution in [0.4, 0.5) is 0 Å². The van der Waals surface area contributed by atoms with Crippen LogP contribution in [0.3, 0.4) is 0 Å². The first-order chi connectivity index (χ1) is 12.3. The first kappa shape index (κ1) is 15.2. The number of benzene rings is 3. The van der Waals surface area contributed by atoms with Crippen molar-refractivity contribution in [3.63, 3.8) is 0 Å². The van der Waals surface area contributed by atoms with Crippen molar-refractivity contribution in [1.29, 1.82) is 0 Å². The Labute approximate surface area is 146 Å². The Morgan fingerprint density at radius 2 is 1.00 bits per heavy atom. The van der Waals surface area contributed by atoms with Crippen LogP contribution in [0.1, 0.15) is 16.7 Å². The third-order valence-corrected chi connectivity index (χ3v) is 4.25. The van der Waals surface area contributed by atoms with Gasteiger partial charge >= 0.3 is 0 Å². The summed E-state index contributed by atoms with van der Waals surface area (Å²) >= 11 is 0. The fourth-order valence-corrected chi connectivity index (χ4v) is 3.00. The van der Waals surface area contributed by atoms with Crippen molar-refractivity contribution in [2.45, 2.75) is 5.66 Å². The number of hydrogen-bond donors (Lipinski definition) is 0. The number of nitrogens with zero attached hydrogens (tertiary/aromatic N) is 2. The van der Waals surface area contributed by atoms with Crippen LogP contribution in [-0.4, -0.2) is 17.7 Å². The molecule has 0 saturated heterocycles. The number of aliphatic imine (C=N–C) groups is 2. The number of aldehydes is 1. The predicted molar refractivity (Wildman–Crippen MR) is 100 cm³/mol. The minimum absolute atomic E-state index is 0.739. The molecule has 0 N–H and O–H groups in total. The molecule has 4 rings (SSSR count). The summed E-state index contributed by atoms with van der Waals surface area (Å²) in [5.74, 6) is 0. The fourth-order valence-electron chi connectivity index (χ4n) is 3.00. The zero-order valence-electron chi connectivity index (χ0n) is 13.5. The molecule has 1 heterocycles. The molecule has 3 aromatic rings. The molecule has 0 amide bonds. The van der Waals surface area contributed by atoms with E-state index >= 15 is 0 Å². The Morgan fingerprint density at radius 1 is 0.600 bits per heavy atom. The molecule has 0 unspecified atom stereocenters. The van der Waals surface area contributed by atoms with Crippen molar-refractivity contribution in [2.24, 2.45) is 9.98 Å². The van der Waals surface area contributed by atoms with Gasteiger partial charge in [0, 0.05) is 16.7 Å². The number of rotatable bonds is 4. The van der Waals surface area contributed by atoms with Gasteiger partial charge in [-0.1, -0.05) is 91.0 Å². The van der Waals surface area contributed by atoms with E-state index in [9.17, 15) is 4.79 Å². The van der Waals surface area contributed by atoms with Crippen molar-refractivity contribution in [3.05, 3.63) is 108 Å². The van der Waals surface area contributed by atoms with Crippen molar-refractivity contribution in [3.8, 4) is 0 Å². The Morgan fingerprint density at radius 3 is 1.40 bits per heavy atom. The van der Waals surface area contributed by atoms with E-state index < -0.39 is 5.66 Å². The molecule has 0 bridgehead atoms. The first-order valence-corrected chi connectivity index (χ1v) is 8.15. The topological polar surface area (TPSA) is 41.8 Å². The van der Waals surface area contributed by atoms with Crippen LogP contribution in [0.25, 0.3) is 0 Å². The number of carbonyl (C=O) groups excluding carboxylic acids is 1. The summed E-state index contributed by atoms with van der Waals surface area (Å²) in [5.41, 5.74) is 2.92. The smallest absolute Gasteiger partial charge is 0.232 e. The molecule has 0 aromatic heterocycles. The predicted octanol–water partition coefficient (Wildman–Crippen LogP) is 4.03. The minimum Gasteiger partial charge on any atom is -0.298 e. The van der Waals surface area contributed by atoms with Crippen molar-refractivity contribution in [1.82, 2.24) is 0 Å². The maximum absolute atomic E-state index is 12.1. The fraction of sp³-hybridized carbons (Fsp3) is 0.0455. The van der Waals surface area contributed by atoms with Gasteiger partial charge < -0.3 is 0 Å². The van der Waals surface area contributed by atoms with E-state index in [1.807, 2.05) is 91.0 Å². The molecule has 0 saturated carbocycles. The van der Waals surface area contributed by atoms with Crippen molar-refractivity contribution < 1.29 is 4.79 Å². The van der Waals surface area contributed by atoms with Crippen LogP contribution in [-0.2, 0) is 10.5 Å². The lowest BCUT2D eigenvalue weighted by Gasteiger charge is -2.16. The maximum atomic E-state index is 12.1. The van der Waals surface area contributed by atoms with E-state index in [1.54, 1.807) is 0 Å². The zero-order valence-corrected chi connectivity index (χ0v) is 13.5. The Bertz CT molecular complexity index is 890. The second-order valence-electron chi connectivity index (χ2n) is 5.86. The van der Waals surface area contributed by atoms with Gasteiger partial charge in [0.15, 0.2) is 6.29 Å². The van der Waals surface area contributed by atoms with E-state index in [1.165, 1.54) is 0 Å². The van der Waals surface area contributed by atoms with Gasteiger partial charge in [0.25, 0.3) is 0 Å². The van der Waals surface area contributed by atoms with Gasteiger partial charge in [-0.15, -0.1) is 0 Å². The van der Waals surface area contributed by atoms with Crippen molar-refractivity contribution in [2.75, 3.05) is 0 Å². The molecule has 0 atom stereocenters. The van der Waals surface area contributed by atoms with E-state index in [4.69, 9.17) is 9.98 Å². The van der Waals surface area contributed by atoms with Gasteiger partial charge in [-0.3, -0.25) is 4.79 Å². The third-order valence-electron chi connectivity index (χ3n) is 4.25. The summed E-state index contributed by atoms with van der Waals surface area (Å²) < 4.78 is 0. The van der Waals surface area contributed by atoms with Crippen LogP contribution >= 0.6 is 0 Å². The lowest BCUT2D eigenvalue weighted by Crippen LogP contribution is -2.21. The lowest BCUT2D eigenvalue weighted by atomic mass is 10.0. The molecule has 25 heavy (non-hydrogen) atoms. The summed E-state index contributed by atoms with van der Waals surface area (Å²) in [6, 6.07) is 29.2. The normalized spacial score (nSPS) is 15.4. The van der Waals surface area contributed by atoms with Gasteiger partial charge in [0.2, 0.25) is 5.66 Å². The van der Waals surface area contributed by atoms with Crippen LogP contribution in [0, 0.1) is 0 Å². The second kappa shape index (κ2) is 6.29. The van der Waals surface area contributed by atoms with Gasteiger partial charge in [-0.25, -0.2) is 9.98 Å². The van der Waals surface area contributed by atoms with E-state index in [2.05, 4.69) is 0 Å². The SMILES string of the molecule is O=CC1(c2ccccc2)N=C(c2ccccc2)C(c2ccccc2)=N1. The summed E-state index contributed by atoms with van der Waals surface area (Å²) in [6.45, 7) is 0. The standard InChI is InChI=1S/C22H16N2O/c25-16-22(19-14-8-3-9-15-19)23-20(17-10-4-1-5-11-17)21(24-22)18-12-6-2-7-13-18/h1-16H. The molecular weight excluding hydrogens is 308 g/mol. The summed E-state index contributed by atoms with van der Waals surface area (Å²) in [6.07, 6.45) is 0.821. The highest BCUT2D eigenvalue weighted by Crippen LogP contribution is 2.33. The average molecular weight is 324 g/mol. The highest BCUT2D eigenvalue weighted by atomic mass is 16.1. The van der Waals surface area contributed by atoms with Gasteiger partial charge in [0.05, 0.1) is 11.4 Å². The second-order valence-corrected chi connectivity index (χ2v) is 5.86. The number of hydrogen-bond acceptors (Lipinski definition) is 3. The molecule has 1 aliphatic rings. The lowest BCUT2D eigenvalue weighted by molar-refractivity contribution is -0.112. The molecule has 3 aromatic carbocycles. The molecule has 120 valence electrons. The zero-order chi connectivity index (χ0) is 17.1. The Hall–Kier alpha value is -3.33. The molecule has 3 nitrogen and oxygen atoms in total. The molecule has 1 aliphatic heterocycles. The quantitative estimate of drug-likeness (QED) is 0.668. The van der Waals surface area contributed by atoms with Crippen LogP contribution in [0.2, 0.25) is 0 Å². The third kappa shape index (κ3) is 2.70. The molecular formula is C22H16N2O. The Kier molecular flexibility index (Phi) is 3.82. The molecule has 3 heteroatoms. The van der Waals surface area contributed by atoms with Crippen LogP contribution in [0.15, 0.2) is 101 Å². The van der Waals surface area contributed by atoms with Gasteiger partial charge in [-0.2, -0.15) is 0 Å². The summed E-state index contributed by atoms with van der Waals surface area (Å²) in [5, 5.41) is 0. The van der Waals surface area contributed by atoms with Gasteiger partial charge in [-0.05, 0) is 0 Å². The van der Waals surface area contributed by atoms with Crippen LogP contribution < -0.4 is 0 Å². The molecule has 0 aliphatic carbocycles. The van der Waals surface area contributed by atoms with E-state index in [0.717, 1.165) is 34.4 Å². The first-order valence-electron chi connectivity index (χ1n) is 8.15. The molecule has 0 fully saturated rings. The maximum Gasteiger partial charge on any atom is 0.232 e. The molecule has 0 radical (unpaired) electrons. The van der Waals surface area contributed by atoms with E-state index in [0.29, 0.717) is 0 Å². The minimum atomic E-state index is -1.22. The number of carbonyl (C=O) groups is 1. The van der Waals surface area contributed by atoms with E-state index in [-0.39, 0.29) is 0 Å². The highest BCUT2D eigenvalue weighted by molar-refractivity contribution is 6.54. The van der Waals surface area contributed by atoms with Crippen LogP contribution in [0.5, 0.6) is 0 Å². The average Bonchev–Trinajstić information content (AvgIpc) is 3.11. The van der Waals surface area contributed by atoms with Gasteiger partial charge in [0.1, 0.15) is 0 Å². The Balaban J connectivity index is 1.94. The largest absolute Gasteiger partial charge is 0.298 e. The van der Waals surface area contributed by atoms with Crippen molar-refractivity contribution >= 4 is 17.7 Å². The monoisotopic (exact) mass is 324 g/mol. The molecule has 0 spiro atoms. The summed E-state index contributed by atoms with van der Waals surface area (Å²) in [4.78, 5) is 21.6.